The summed E-state index contributed by atoms with van der Waals surface area (Å²) in [6.07, 6.45) is 4.82. The third kappa shape index (κ3) is 3.67. The van der Waals surface area contributed by atoms with E-state index in [9.17, 15) is 9.59 Å². The maximum Gasteiger partial charge on any atom is 0.263 e. The largest absolute Gasteiger partial charge is 0.298 e. The number of thioether (sulfide) groups is 1. The molecule has 4 nitrogen and oxygen atoms in total. The van der Waals surface area contributed by atoms with E-state index in [4.69, 9.17) is 4.98 Å². The van der Waals surface area contributed by atoms with Crippen molar-refractivity contribution in [3.05, 3.63) is 33.4 Å². The predicted octanol–water partition coefficient (Wildman–Crippen LogP) is 4.48. The van der Waals surface area contributed by atoms with Crippen molar-refractivity contribution < 1.29 is 4.79 Å². The van der Waals surface area contributed by atoms with Gasteiger partial charge in [0.15, 0.2) is 5.16 Å². The van der Waals surface area contributed by atoms with Crippen LogP contribution in [0.5, 0.6) is 0 Å². The summed E-state index contributed by atoms with van der Waals surface area (Å²) in [5.41, 5.74) is 0.812. The molecule has 0 aromatic carbocycles. The van der Waals surface area contributed by atoms with Crippen LogP contribution in [-0.2, 0) is 24.2 Å². The summed E-state index contributed by atoms with van der Waals surface area (Å²) in [7, 11) is 0. The number of hydrogen-bond donors (Lipinski definition) is 0. The summed E-state index contributed by atoms with van der Waals surface area (Å²) in [5.74, 6) is 1.13. The SMILES string of the molecule is C=CCn1c(SCC(=O)C(C)(C)C)nc2sc3c(c2c1=O)CC[C@@H](C)C3. The fourth-order valence-electron chi connectivity index (χ4n) is 3.15. The molecule has 0 spiro atoms. The standard InChI is InChI=1S/C20H26N2O2S2/c1-6-9-22-18(24)16-13-8-7-12(2)10-14(13)26-17(16)21-19(22)25-11-15(23)20(3,4)5/h6,12H,1,7-11H2,2-5H3/t12-/m1/s1. The minimum absolute atomic E-state index is 0.00709. The number of hydrogen-bond acceptors (Lipinski definition) is 5. The topological polar surface area (TPSA) is 52.0 Å². The molecule has 0 radical (unpaired) electrons. The highest BCUT2D eigenvalue weighted by atomic mass is 32.2. The number of allylic oxidation sites excluding steroid dienone is 1. The second kappa shape index (κ2) is 7.31. The van der Waals surface area contributed by atoms with E-state index in [1.807, 2.05) is 20.8 Å². The number of nitrogens with zero attached hydrogens (tertiary/aromatic N) is 2. The van der Waals surface area contributed by atoms with Crippen molar-refractivity contribution in [2.24, 2.45) is 11.3 Å². The number of carbonyl (C=O) groups excluding carboxylic acids is 1. The fourth-order valence-corrected chi connectivity index (χ4v) is 5.74. The summed E-state index contributed by atoms with van der Waals surface area (Å²) >= 11 is 3.01. The zero-order valence-electron chi connectivity index (χ0n) is 15.9. The Morgan fingerprint density at radius 3 is 2.85 bits per heavy atom. The van der Waals surface area contributed by atoms with Crippen molar-refractivity contribution in [2.75, 3.05) is 5.75 Å². The van der Waals surface area contributed by atoms with Crippen LogP contribution in [0.3, 0.4) is 0 Å². The Labute approximate surface area is 162 Å². The zero-order valence-corrected chi connectivity index (χ0v) is 17.6. The van der Waals surface area contributed by atoms with Crippen LogP contribution in [0.4, 0.5) is 0 Å². The number of aromatic nitrogens is 2. The Morgan fingerprint density at radius 2 is 2.19 bits per heavy atom. The van der Waals surface area contributed by atoms with E-state index in [0.717, 1.165) is 29.5 Å². The molecule has 0 saturated heterocycles. The number of fused-ring (bicyclic) bond motifs is 3. The maximum atomic E-state index is 13.2. The summed E-state index contributed by atoms with van der Waals surface area (Å²) in [5, 5.41) is 1.40. The number of rotatable bonds is 5. The lowest BCUT2D eigenvalue weighted by molar-refractivity contribution is -0.123. The molecule has 2 aromatic rings. The first-order valence-corrected chi connectivity index (χ1v) is 10.8. The second-order valence-electron chi connectivity index (χ2n) is 8.09. The number of Topliss-reactive ketones (excluding diaryl/α,β-unsaturated/α-hetero) is 1. The van der Waals surface area contributed by atoms with E-state index in [2.05, 4.69) is 13.5 Å². The molecule has 26 heavy (non-hydrogen) atoms. The molecule has 0 N–H and O–H groups in total. The van der Waals surface area contributed by atoms with Crippen LogP contribution in [-0.4, -0.2) is 21.1 Å². The van der Waals surface area contributed by atoms with Crippen LogP contribution in [0.15, 0.2) is 22.6 Å². The van der Waals surface area contributed by atoms with Gasteiger partial charge in [0.2, 0.25) is 0 Å². The molecule has 3 rings (SSSR count). The molecule has 0 amide bonds. The first-order valence-electron chi connectivity index (χ1n) is 9.04. The Hall–Kier alpha value is -1.40. The van der Waals surface area contributed by atoms with Crippen molar-refractivity contribution >= 4 is 39.1 Å². The first-order chi connectivity index (χ1) is 12.2. The van der Waals surface area contributed by atoms with Gasteiger partial charge in [-0.2, -0.15) is 0 Å². The highest BCUT2D eigenvalue weighted by Crippen LogP contribution is 2.36. The molecule has 2 aromatic heterocycles. The highest BCUT2D eigenvalue weighted by Gasteiger charge is 2.26. The van der Waals surface area contributed by atoms with Gasteiger partial charge in [-0.25, -0.2) is 4.98 Å². The average molecular weight is 391 g/mol. The number of carbonyl (C=O) groups is 1. The summed E-state index contributed by atoms with van der Waals surface area (Å²) in [6.45, 7) is 12.2. The van der Waals surface area contributed by atoms with Crippen molar-refractivity contribution in [2.45, 2.75) is 58.7 Å². The van der Waals surface area contributed by atoms with Crippen LogP contribution in [0.25, 0.3) is 10.2 Å². The number of ketones is 1. The minimum atomic E-state index is -0.390. The van der Waals surface area contributed by atoms with E-state index in [-0.39, 0.29) is 11.3 Å². The van der Waals surface area contributed by atoms with Crippen LogP contribution < -0.4 is 5.56 Å². The lowest BCUT2D eigenvalue weighted by Gasteiger charge is -2.18. The number of aryl methyl sites for hydroxylation is 1. The van der Waals surface area contributed by atoms with Gasteiger partial charge in [-0.05, 0) is 30.7 Å². The smallest absolute Gasteiger partial charge is 0.263 e. The van der Waals surface area contributed by atoms with Gasteiger partial charge in [0.25, 0.3) is 5.56 Å². The normalized spacial score (nSPS) is 17.3. The van der Waals surface area contributed by atoms with Crippen molar-refractivity contribution in [1.82, 2.24) is 9.55 Å². The summed E-state index contributed by atoms with van der Waals surface area (Å²) < 4.78 is 1.67. The van der Waals surface area contributed by atoms with E-state index in [0.29, 0.717) is 23.4 Å². The molecule has 6 heteroatoms. The Morgan fingerprint density at radius 1 is 1.46 bits per heavy atom. The lowest BCUT2D eigenvalue weighted by atomic mass is 9.89. The van der Waals surface area contributed by atoms with Gasteiger partial charge in [-0.3, -0.25) is 14.2 Å². The Bertz CT molecular complexity index is 919. The molecule has 0 fully saturated rings. The van der Waals surface area contributed by atoms with E-state index < -0.39 is 5.41 Å². The molecular formula is C20H26N2O2S2. The number of thiophene rings is 1. The van der Waals surface area contributed by atoms with Crippen LogP contribution in [0.1, 0.15) is 44.6 Å². The van der Waals surface area contributed by atoms with Crippen LogP contribution in [0, 0.1) is 11.3 Å². The molecule has 0 unspecified atom stereocenters. The van der Waals surface area contributed by atoms with Crippen LogP contribution in [0.2, 0.25) is 0 Å². The van der Waals surface area contributed by atoms with E-state index in [1.165, 1.54) is 22.2 Å². The van der Waals surface area contributed by atoms with Gasteiger partial charge >= 0.3 is 0 Å². The maximum absolute atomic E-state index is 13.2. The summed E-state index contributed by atoms with van der Waals surface area (Å²) in [4.78, 5) is 32.4. The molecule has 1 atom stereocenters. The predicted molar refractivity (Wildman–Crippen MR) is 110 cm³/mol. The Kier molecular flexibility index (Phi) is 5.45. The monoisotopic (exact) mass is 390 g/mol. The molecule has 1 aliphatic rings. The van der Waals surface area contributed by atoms with Crippen LogP contribution >= 0.6 is 23.1 Å². The van der Waals surface area contributed by atoms with E-state index >= 15 is 0 Å². The minimum Gasteiger partial charge on any atom is -0.298 e. The zero-order chi connectivity index (χ0) is 19.1. The molecule has 0 saturated carbocycles. The molecular weight excluding hydrogens is 364 g/mol. The first kappa shape index (κ1) is 19.4. The quantitative estimate of drug-likeness (QED) is 0.429. The molecule has 0 bridgehead atoms. The van der Waals surface area contributed by atoms with Crippen molar-refractivity contribution in [1.29, 1.82) is 0 Å². The summed E-state index contributed by atoms with van der Waals surface area (Å²) in [6, 6.07) is 0. The average Bonchev–Trinajstić information content (AvgIpc) is 2.92. The third-order valence-corrected chi connectivity index (χ3v) is 6.99. The van der Waals surface area contributed by atoms with E-state index in [1.54, 1.807) is 22.0 Å². The Balaban J connectivity index is 2.05. The molecule has 0 aliphatic heterocycles. The molecule has 140 valence electrons. The van der Waals surface area contributed by atoms with Gasteiger partial charge in [0.05, 0.1) is 11.1 Å². The fraction of sp³-hybridized carbons (Fsp3) is 0.550. The van der Waals surface area contributed by atoms with Crippen molar-refractivity contribution in [3.63, 3.8) is 0 Å². The highest BCUT2D eigenvalue weighted by molar-refractivity contribution is 7.99. The van der Waals surface area contributed by atoms with Gasteiger partial charge in [-0.1, -0.05) is 45.5 Å². The molecule has 2 heterocycles. The lowest BCUT2D eigenvalue weighted by Crippen LogP contribution is -2.25. The second-order valence-corrected chi connectivity index (χ2v) is 10.1. The molecule has 1 aliphatic carbocycles. The van der Waals surface area contributed by atoms with Gasteiger partial charge < -0.3 is 0 Å². The van der Waals surface area contributed by atoms with Crippen molar-refractivity contribution in [3.8, 4) is 0 Å². The van der Waals surface area contributed by atoms with Gasteiger partial charge in [-0.15, -0.1) is 17.9 Å². The van der Waals surface area contributed by atoms with Gasteiger partial charge in [0.1, 0.15) is 10.6 Å². The van der Waals surface area contributed by atoms with Gasteiger partial charge in [0, 0.05) is 16.8 Å². The third-order valence-electron chi connectivity index (χ3n) is 4.86.